The molecule has 0 spiro atoms. The highest BCUT2D eigenvalue weighted by molar-refractivity contribution is 9.11. The van der Waals surface area contributed by atoms with E-state index < -0.39 is 0 Å². The molecule has 18 heavy (non-hydrogen) atoms. The summed E-state index contributed by atoms with van der Waals surface area (Å²) in [6, 6.07) is 10.5. The van der Waals surface area contributed by atoms with Crippen LogP contribution in [0.4, 0.5) is 5.69 Å². The van der Waals surface area contributed by atoms with Crippen LogP contribution in [0, 0.1) is 0 Å². The molecule has 0 saturated heterocycles. The van der Waals surface area contributed by atoms with Gasteiger partial charge in [0.05, 0.1) is 3.79 Å². The van der Waals surface area contributed by atoms with Crippen molar-refractivity contribution in [2.75, 3.05) is 11.1 Å². The Morgan fingerprint density at radius 2 is 2.22 bits per heavy atom. The normalized spacial score (nSPS) is 10.3. The molecule has 0 aliphatic carbocycles. The van der Waals surface area contributed by atoms with Gasteiger partial charge in [0.25, 0.3) is 0 Å². The van der Waals surface area contributed by atoms with Crippen LogP contribution < -0.4 is 5.32 Å². The number of hydrogen-bond acceptors (Lipinski definition) is 3. The highest BCUT2D eigenvalue weighted by atomic mass is 79.9. The summed E-state index contributed by atoms with van der Waals surface area (Å²) in [4.78, 5) is 1.27. The minimum Gasteiger partial charge on any atom is -0.380 e. The van der Waals surface area contributed by atoms with Gasteiger partial charge in [-0.1, -0.05) is 18.2 Å². The largest absolute Gasteiger partial charge is 0.380 e. The van der Waals surface area contributed by atoms with Crippen molar-refractivity contribution in [2.24, 2.45) is 0 Å². The van der Waals surface area contributed by atoms with Gasteiger partial charge in [-0.15, -0.1) is 29.7 Å². The molecule has 1 N–H and O–H groups in total. The van der Waals surface area contributed by atoms with Gasteiger partial charge < -0.3 is 5.32 Å². The molecule has 0 radical (unpaired) electrons. The van der Waals surface area contributed by atoms with Gasteiger partial charge in [-0.2, -0.15) is 0 Å². The van der Waals surface area contributed by atoms with Crippen LogP contribution in [0.1, 0.15) is 5.56 Å². The highest BCUT2D eigenvalue weighted by Gasteiger charge is 2.02. The number of para-hydroxylation sites is 1. The lowest BCUT2D eigenvalue weighted by molar-refractivity contribution is 1.14. The molecule has 1 nitrogen and oxygen atoms in total. The maximum Gasteiger partial charge on any atom is 0.0701 e. The molecule has 0 bridgehead atoms. The number of thioether (sulfide) groups is 1. The van der Waals surface area contributed by atoms with Gasteiger partial charge in [-0.3, -0.25) is 0 Å². The van der Waals surface area contributed by atoms with Crippen molar-refractivity contribution in [3.63, 3.8) is 0 Å². The summed E-state index contributed by atoms with van der Waals surface area (Å²) in [5, 5.41) is 5.65. The van der Waals surface area contributed by atoms with Gasteiger partial charge in [0.2, 0.25) is 0 Å². The van der Waals surface area contributed by atoms with Gasteiger partial charge in [0.15, 0.2) is 0 Å². The van der Waals surface area contributed by atoms with Crippen LogP contribution >= 0.6 is 39.0 Å². The molecule has 0 aliphatic heterocycles. The van der Waals surface area contributed by atoms with Crippen molar-refractivity contribution in [3.05, 3.63) is 57.7 Å². The van der Waals surface area contributed by atoms with Gasteiger partial charge in [-0.25, -0.2) is 0 Å². The molecule has 4 heteroatoms. The van der Waals surface area contributed by atoms with Crippen LogP contribution in [-0.2, 0) is 6.54 Å². The predicted octanol–water partition coefficient (Wildman–Crippen LogP) is 5.40. The second kappa shape index (κ2) is 7.02. The molecule has 1 heterocycles. The number of hydrogen-bond donors (Lipinski definition) is 1. The molecule has 1 aromatic carbocycles. The van der Waals surface area contributed by atoms with Crippen molar-refractivity contribution in [3.8, 4) is 0 Å². The van der Waals surface area contributed by atoms with E-state index >= 15 is 0 Å². The number of nitrogens with one attached hydrogen (secondary N) is 1. The van der Waals surface area contributed by atoms with E-state index in [9.17, 15) is 0 Å². The van der Waals surface area contributed by atoms with E-state index in [1.165, 1.54) is 19.9 Å². The number of benzene rings is 1. The summed E-state index contributed by atoms with van der Waals surface area (Å²) in [5.41, 5.74) is 2.49. The van der Waals surface area contributed by atoms with E-state index in [1.807, 2.05) is 6.08 Å². The Balaban J connectivity index is 2.01. The van der Waals surface area contributed by atoms with Gasteiger partial charge >= 0.3 is 0 Å². The molecule has 0 fully saturated rings. The van der Waals surface area contributed by atoms with Crippen molar-refractivity contribution >= 4 is 44.7 Å². The molecular weight excluding hydrogens is 326 g/mol. The standard InChI is InChI=1S/C14H14BrNS2/c1-2-7-17-13-6-4-3-5-12(13)16-9-11-8-14(15)18-10-11/h2-6,8,10,16H,1,7,9H2. The quantitative estimate of drug-likeness (QED) is 0.558. The van der Waals surface area contributed by atoms with Crippen LogP contribution in [-0.4, -0.2) is 5.75 Å². The molecule has 0 unspecified atom stereocenters. The Morgan fingerprint density at radius 1 is 1.39 bits per heavy atom. The zero-order chi connectivity index (χ0) is 12.8. The fourth-order valence-electron chi connectivity index (χ4n) is 1.52. The lowest BCUT2D eigenvalue weighted by Crippen LogP contribution is -1.99. The van der Waals surface area contributed by atoms with Crippen LogP contribution in [0.15, 0.2) is 57.0 Å². The summed E-state index contributed by atoms with van der Waals surface area (Å²) in [5.74, 6) is 0.933. The van der Waals surface area contributed by atoms with Gasteiger partial charge in [-0.05, 0) is 45.1 Å². The van der Waals surface area contributed by atoms with Crippen molar-refractivity contribution in [2.45, 2.75) is 11.4 Å². The average molecular weight is 340 g/mol. The number of anilines is 1. The fourth-order valence-corrected chi connectivity index (χ4v) is 3.50. The SMILES string of the molecule is C=CCSc1ccccc1NCc1csc(Br)c1. The first-order chi connectivity index (χ1) is 8.79. The van der Waals surface area contributed by atoms with E-state index in [4.69, 9.17) is 0 Å². The summed E-state index contributed by atoms with van der Waals surface area (Å²) in [6.45, 7) is 4.61. The van der Waals surface area contributed by atoms with E-state index in [2.05, 4.69) is 63.5 Å². The summed E-state index contributed by atoms with van der Waals surface area (Å²) in [6.07, 6.45) is 1.93. The lowest BCUT2D eigenvalue weighted by Gasteiger charge is -2.10. The smallest absolute Gasteiger partial charge is 0.0701 e. The van der Waals surface area contributed by atoms with Crippen LogP contribution in [0.5, 0.6) is 0 Å². The first-order valence-electron chi connectivity index (χ1n) is 5.59. The zero-order valence-corrected chi connectivity index (χ0v) is 13.1. The third-order valence-electron chi connectivity index (χ3n) is 2.35. The Morgan fingerprint density at radius 3 is 2.94 bits per heavy atom. The Hall–Kier alpha value is -0.710. The molecule has 2 rings (SSSR count). The Bertz CT molecular complexity index is 522. The lowest BCUT2D eigenvalue weighted by atomic mass is 10.3. The highest BCUT2D eigenvalue weighted by Crippen LogP contribution is 2.28. The minimum atomic E-state index is 0.855. The Kier molecular flexibility index (Phi) is 5.35. The van der Waals surface area contributed by atoms with E-state index in [1.54, 1.807) is 23.1 Å². The average Bonchev–Trinajstić information content (AvgIpc) is 2.81. The van der Waals surface area contributed by atoms with Crippen LogP contribution in [0.25, 0.3) is 0 Å². The van der Waals surface area contributed by atoms with Gasteiger partial charge in [0.1, 0.15) is 0 Å². The molecule has 0 aliphatic rings. The monoisotopic (exact) mass is 339 g/mol. The second-order valence-corrected chi connectivity index (χ2v) is 7.06. The molecule has 2 aromatic rings. The molecule has 1 aromatic heterocycles. The fraction of sp³-hybridized carbons (Fsp3) is 0.143. The van der Waals surface area contributed by atoms with Crippen molar-refractivity contribution < 1.29 is 0 Å². The third-order valence-corrected chi connectivity index (χ3v) is 4.97. The molecule has 0 atom stereocenters. The topological polar surface area (TPSA) is 12.0 Å². The van der Waals surface area contributed by atoms with E-state index in [-0.39, 0.29) is 0 Å². The summed E-state index contributed by atoms with van der Waals surface area (Å²) in [7, 11) is 0. The van der Waals surface area contributed by atoms with Crippen molar-refractivity contribution in [1.29, 1.82) is 0 Å². The zero-order valence-electron chi connectivity index (χ0n) is 9.86. The Labute approximate surface area is 124 Å². The molecule has 94 valence electrons. The summed E-state index contributed by atoms with van der Waals surface area (Å²) >= 11 is 7.00. The molecular formula is C14H14BrNS2. The second-order valence-electron chi connectivity index (χ2n) is 3.71. The number of halogens is 1. The van der Waals surface area contributed by atoms with Crippen LogP contribution in [0.2, 0.25) is 0 Å². The maximum absolute atomic E-state index is 3.76. The predicted molar refractivity (Wildman–Crippen MR) is 86.7 cm³/mol. The maximum atomic E-state index is 3.76. The van der Waals surface area contributed by atoms with Crippen LogP contribution in [0.3, 0.4) is 0 Å². The summed E-state index contributed by atoms with van der Waals surface area (Å²) < 4.78 is 1.17. The van der Waals surface area contributed by atoms with E-state index in [0.29, 0.717) is 0 Å². The molecule has 0 amide bonds. The van der Waals surface area contributed by atoms with Gasteiger partial charge in [0, 0.05) is 22.9 Å². The third kappa shape index (κ3) is 3.90. The first-order valence-corrected chi connectivity index (χ1v) is 8.25. The minimum absolute atomic E-state index is 0.855. The molecule has 0 saturated carbocycles. The number of thiophene rings is 1. The van der Waals surface area contributed by atoms with E-state index in [0.717, 1.165) is 12.3 Å². The number of rotatable bonds is 6. The first kappa shape index (κ1) is 13.7. The van der Waals surface area contributed by atoms with Crippen molar-refractivity contribution in [1.82, 2.24) is 0 Å².